The molecule has 3 aromatic rings. The third kappa shape index (κ3) is 6.26. The fourth-order valence-corrected chi connectivity index (χ4v) is 3.84. The quantitative estimate of drug-likeness (QED) is 0.327. The Kier molecular flexibility index (Phi) is 7.95. The lowest BCUT2D eigenvalue weighted by atomic mass is 10.0. The summed E-state index contributed by atoms with van der Waals surface area (Å²) in [6, 6.07) is 21.2. The van der Waals surface area contributed by atoms with E-state index in [0.29, 0.717) is 17.7 Å². The third-order valence-corrected chi connectivity index (χ3v) is 5.37. The number of primary amides is 1. The minimum absolute atomic E-state index is 0.0598. The molecule has 0 bridgehead atoms. The van der Waals surface area contributed by atoms with Gasteiger partial charge in [0.05, 0.1) is 12.7 Å². The number of hydrogen-bond donors (Lipinski definition) is 3. The Morgan fingerprint density at radius 3 is 2.27 bits per heavy atom. The zero-order valence-electron chi connectivity index (χ0n) is 18.8. The highest BCUT2D eigenvalue weighted by molar-refractivity contribution is 5.98. The molecule has 0 fully saturated rings. The van der Waals surface area contributed by atoms with Crippen LogP contribution in [0.4, 0.5) is 0 Å². The number of nitrogens with two attached hydrogens (primary N) is 2. The van der Waals surface area contributed by atoms with E-state index in [4.69, 9.17) is 11.5 Å². The molecule has 0 aromatic heterocycles. The number of benzene rings is 3. The van der Waals surface area contributed by atoms with Gasteiger partial charge in [-0.15, -0.1) is 0 Å². The first-order chi connectivity index (χ1) is 15.8. The monoisotopic (exact) mass is 445 g/mol. The predicted molar refractivity (Wildman–Crippen MR) is 128 cm³/mol. The summed E-state index contributed by atoms with van der Waals surface area (Å²) in [6.07, 6.45) is -0.314. The summed E-state index contributed by atoms with van der Waals surface area (Å²) in [4.78, 5) is 29.0. The maximum absolute atomic E-state index is 13.3. The van der Waals surface area contributed by atoms with Gasteiger partial charge in [-0.2, -0.15) is 0 Å². The third-order valence-electron chi connectivity index (χ3n) is 5.37. The summed E-state index contributed by atoms with van der Waals surface area (Å²) in [6.45, 7) is 2.03. The van der Waals surface area contributed by atoms with Gasteiger partial charge >= 0.3 is 0 Å². The molecule has 5 N–H and O–H groups in total. The lowest BCUT2D eigenvalue weighted by Crippen LogP contribution is -2.40. The van der Waals surface area contributed by atoms with Gasteiger partial charge in [0, 0.05) is 24.2 Å². The number of ketones is 1. The van der Waals surface area contributed by atoms with Gasteiger partial charge in [0.1, 0.15) is 5.75 Å². The fraction of sp³-hybridized carbons (Fsp3) is 0.192. The Labute approximate surface area is 194 Å². The lowest BCUT2D eigenvalue weighted by molar-refractivity contribution is 0.0597. The molecule has 3 aromatic carbocycles. The van der Waals surface area contributed by atoms with Gasteiger partial charge in [-0.25, -0.2) is 0 Å². The van der Waals surface area contributed by atoms with Crippen LogP contribution in [0.5, 0.6) is 5.75 Å². The van der Waals surface area contributed by atoms with Crippen molar-refractivity contribution in [1.82, 2.24) is 9.80 Å². The highest BCUT2D eigenvalue weighted by Crippen LogP contribution is 2.27. The van der Waals surface area contributed by atoms with Crippen molar-refractivity contribution in [2.75, 3.05) is 20.6 Å². The number of Topliss-reactive ketones (excluding diaryl/α,β-unsaturated/α-hetero) is 1. The molecular weight excluding hydrogens is 416 g/mol. The minimum Gasteiger partial charge on any atom is -0.508 e. The van der Waals surface area contributed by atoms with Gasteiger partial charge in [-0.1, -0.05) is 42.5 Å². The van der Waals surface area contributed by atoms with Gasteiger partial charge in [-0.05, 0) is 61.1 Å². The van der Waals surface area contributed by atoms with Crippen molar-refractivity contribution in [3.8, 4) is 5.75 Å². The van der Waals surface area contributed by atoms with Gasteiger partial charge < -0.3 is 16.6 Å². The summed E-state index contributed by atoms with van der Waals surface area (Å²) in [5.41, 5.74) is 14.6. The van der Waals surface area contributed by atoms with E-state index in [1.54, 1.807) is 48.5 Å². The molecule has 0 heterocycles. The predicted octanol–water partition coefficient (Wildman–Crippen LogP) is 2.90. The van der Waals surface area contributed by atoms with E-state index in [2.05, 4.69) is 0 Å². The Hall–Kier alpha value is -3.52. The van der Waals surface area contributed by atoms with Crippen molar-refractivity contribution < 1.29 is 14.7 Å². The average Bonchev–Trinajstić information content (AvgIpc) is 2.80. The van der Waals surface area contributed by atoms with E-state index in [9.17, 15) is 14.7 Å². The summed E-state index contributed by atoms with van der Waals surface area (Å²) >= 11 is 0. The van der Waals surface area contributed by atoms with E-state index in [1.165, 1.54) is 6.54 Å². The van der Waals surface area contributed by atoms with Gasteiger partial charge in [0.25, 0.3) is 0 Å². The smallest absolute Gasteiger partial charge is 0.248 e. The zero-order chi connectivity index (χ0) is 24.0. The van der Waals surface area contributed by atoms with Crippen molar-refractivity contribution in [2.24, 2.45) is 11.5 Å². The molecule has 0 spiro atoms. The number of carbonyl (C=O) groups is 2. The number of rotatable bonds is 10. The van der Waals surface area contributed by atoms with E-state index in [-0.39, 0.29) is 24.2 Å². The molecule has 7 nitrogen and oxygen atoms in total. The van der Waals surface area contributed by atoms with E-state index in [1.807, 2.05) is 48.2 Å². The van der Waals surface area contributed by atoms with Crippen LogP contribution in [0.2, 0.25) is 0 Å². The van der Waals surface area contributed by atoms with Crippen molar-refractivity contribution >= 4 is 11.7 Å². The molecule has 1 atom stereocenters. The molecule has 0 aliphatic rings. The highest BCUT2D eigenvalue weighted by atomic mass is 16.3. The topological polar surface area (TPSA) is 113 Å². The van der Waals surface area contributed by atoms with Crippen molar-refractivity contribution in [3.63, 3.8) is 0 Å². The summed E-state index contributed by atoms with van der Waals surface area (Å²) < 4.78 is 0. The summed E-state index contributed by atoms with van der Waals surface area (Å²) in [7, 11) is 3.83. The molecule has 7 heteroatoms. The van der Waals surface area contributed by atoms with Crippen LogP contribution < -0.4 is 11.5 Å². The number of nitrogens with zero attached hydrogens (tertiary/aromatic N) is 2. The first kappa shape index (κ1) is 24.1. The molecular formula is C26H29N4O3. The average molecular weight is 446 g/mol. The molecule has 1 amide bonds. The van der Waals surface area contributed by atoms with Gasteiger partial charge in [0.15, 0.2) is 5.78 Å². The van der Waals surface area contributed by atoms with Crippen molar-refractivity contribution in [3.05, 3.63) is 107 Å². The van der Waals surface area contributed by atoms with Gasteiger partial charge in [0.2, 0.25) is 5.91 Å². The fourth-order valence-electron chi connectivity index (χ4n) is 3.84. The number of amides is 1. The van der Waals surface area contributed by atoms with Crippen LogP contribution in [-0.2, 0) is 6.54 Å². The largest absolute Gasteiger partial charge is 0.508 e. The Bertz CT molecular complexity index is 1110. The second-order valence-corrected chi connectivity index (χ2v) is 8.11. The van der Waals surface area contributed by atoms with E-state index < -0.39 is 5.91 Å². The number of aromatic hydroxyl groups is 1. The maximum Gasteiger partial charge on any atom is 0.248 e. The van der Waals surface area contributed by atoms with Gasteiger partial charge in [-0.3, -0.25) is 19.4 Å². The van der Waals surface area contributed by atoms with E-state index >= 15 is 0 Å². The Morgan fingerprint density at radius 1 is 0.970 bits per heavy atom. The van der Waals surface area contributed by atoms with Crippen LogP contribution >= 0.6 is 0 Å². The Balaban J connectivity index is 1.99. The minimum atomic E-state index is -0.509. The lowest BCUT2D eigenvalue weighted by Gasteiger charge is -2.36. The highest BCUT2D eigenvalue weighted by Gasteiger charge is 2.26. The summed E-state index contributed by atoms with van der Waals surface area (Å²) in [5, 5.41) is 9.66. The van der Waals surface area contributed by atoms with Crippen molar-refractivity contribution in [1.29, 1.82) is 0 Å². The standard InChI is InChI=1S/C26H29N4O3/c1-29(2)26(22-8-4-7-21(14-22)25(28)33)30(16-18-9-11-23(31)12-10-18)17-24(32)20-6-3-5-19(13-20)15-27/h3-15,26,31H,16-17,27H2,1-2H3,(H2,28,33). The first-order valence-electron chi connectivity index (χ1n) is 10.5. The molecule has 3 rings (SSSR count). The van der Waals surface area contributed by atoms with Crippen LogP contribution in [0.3, 0.4) is 0 Å². The second-order valence-electron chi connectivity index (χ2n) is 8.11. The normalized spacial score (nSPS) is 12.2. The molecule has 33 heavy (non-hydrogen) atoms. The summed E-state index contributed by atoms with van der Waals surface area (Å²) in [5.74, 6) is -0.393. The number of phenols is 1. The molecule has 1 unspecified atom stereocenters. The van der Waals surface area contributed by atoms with Crippen LogP contribution in [-0.4, -0.2) is 47.2 Å². The van der Waals surface area contributed by atoms with Crippen LogP contribution in [0, 0.1) is 6.54 Å². The molecule has 0 saturated heterocycles. The SMILES string of the molecule is CN(C)C(c1cccc(C(N)=O)c1)N(CC(=O)c1cccc([CH]N)c1)Cc1ccc(O)cc1. The van der Waals surface area contributed by atoms with Crippen LogP contribution in [0.1, 0.15) is 43.6 Å². The molecule has 1 radical (unpaired) electrons. The molecule has 0 aliphatic heterocycles. The van der Waals surface area contributed by atoms with Crippen LogP contribution in [0.15, 0.2) is 72.8 Å². The Morgan fingerprint density at radius 2 is 1.64 bits per heavy atom. The zero-order valence-corrected chi connectivity index (χ0v) is 18.8. The van der Waals surface area contributed by atoms with Crippen molar-refractivity contribution in [2.45, 2.75) is 12.7 Å². The first-order valence-corrected chi connectivity index (χ1v) is 10.5. The molecule has 171 valence electrons. The van der Waals surface area contributed by atoms with Crippen LogP contribution in [0.25, 0.3) is 0 Å². The second kappa shape index (κ2) is 10.9. The number of phenolic OH excluding ortho intramolecular Hbond substituents is 1. The number of carbonyl (C=O) groups excluding carboxylic acids is 2. The molecule has 0 saturated carbocycles. The number of hydrogen-bond acceptors (Lipinski definition) is 6. The molecule has 0 aliphatic carbocycles. The maximum atomic E-state index is 13.3. The van der Waals surface area contributed by atoms with E-state index in [0.717, 1.165) is 16.7 Å².